The number of rotatable bonds is 9. The first-order valence-corrected chi connectivity index (χ1v) is 6.48. The minimum atomic E-state index is -0.234. The summed E-state index contributed by atoms with van der Waals surface area (Å²) in [4.78, 5) is 11.0. The van der Waals surface area contributed by atoms with Gasteiger partial charge in [-0.2, -0.15) is 11.8 Å². The van der Waals surface area contributed by atoms with Crippen LogP contribution < -0.4 is 11.1 Å². The highest BCUT2D eigenvalue weighted by Crippen LogP contribution is 2.06. The molecule has 4 heteroatoms. The van der Waals surface area contributed by atoms with Crippen molar-refractivity contribution in [2.45, 2.75) is 39.2 Å². The van der Waals surface area contributed by atoms with Crippen molar-refractivity contribution in [2.75, 3.05) is 18.1 Å². The number of unbranched alkanes of at least 4 members (excludes halogenated alkanes) is 1. The summed E-state index contributed by atoms with van der Waals surface area (Å²) in [6, 6.07) is -0.156. The van der Waals surface area contributed by atoms with Crippen LogP contribution in [0.4, 0.5) is 0 Å². The van der Waals surface area contributed by atoms with Gasteiger partial charge in [0.05, 0.1) is 6.04 Å². The molecule has 1 amide bonds. The molecule has 0 aliphatic carbocycles. The third-order valence-electron chi connectivity index (χ3n) is 1.91. The van der Waals surface area contributed by atoms with E-state index in [4.69, 9.17) is 5.73 Å². The summed E-state index contributed by atoms with van der Waals surface area (Å²) in [6.07, 6.45) is 3.45. The molecule has 14 heavy (non-hydrogen) atoms. The number of nitrogens with one attached hydrogen (secondary N) is 1. The summed E-state index contributed by atoms with van der Waals surface area (Å²) in [5.74, 6) is 1.69. The molecule has 0 spiro atoms. The highest BCUT2D eigenvalue weighted by molar-refractivity contribution is 7.99. The zero-order chi connectivity index (χ0) is 10.8. The van der Waals surface area contributed by atoms with Crippen LogP contribution in [0.15, 0.2) is 0 Å². The molecular weight excluding hydrogens is 196 g/mol. The van der Waals surface area contributed by atoms with Gasteiger partial charge in [0.15, 0.2) is 0 Å². The predicted molar refractivity (Wildman–Crippen MR) is 63.5 cm³/mol. The second-order valence-electron chi connectivity index (χ2n) is 3.34. The average molecular weight is 218 g/mol. The summed E-state index contributed by atoms with van der Waals surface area (Å²) >= 11 is 1.80. The highest BCUT2D eigenvalue weighted by Gasteiger charge is 2.13. The third-order valence-corrected chi connectivity index (χ3v) is 3.06. The van der Waals surface area contributed by atoms with Gasteiger partial charge in [-0.1, -0.05) is 20.3 Å². The molecule has 0 aliphatic heterocycles. The molecule has 0 rings (SSSR count). The maximum Gasteiger partial charge on any atom is 0.235 e. The van der Waals surface area contributed by atoms with Crippen molar-refractivity contribution in [3.63, 3.8) is 0 Å². The van der Waals surface area contributed by atoms with Crippen LogP contribution in [-0.4, -0.2) is 30.0 Å². The first-order chi connectivity index (χ1) is 6.72. The lowest BCUT2D eigenvalue weighted by Crippen LogP contribution is -2.43. The second-order valence-corrected chi connectivity index (χ2v) is 4.49. The van der Waals surface area contributed by atoms with Gasteiger partial charge >= 0.3 is 0 Å². The van der Waals surface area contributed by atoms with Gasteiger partial charge in [-0.05, 0) is 25.1 Å². The van der Waals surface area contributed by atoms with Crippen molar-refractivity contribution in [3.05, 3.63) is 0 Å². The average Bonchev–Trinajstić information content (AvgIpc) is 2.16. The fourth-order valence-electron chi connectivity index (χ4n) is 1.01. The number of nitrogens with two attached hydrogens (primary N) is 1. The van der Waals surface area contributed by atoms with E-state index in [-0.39, 0.29) is 11.9 Å². The highest BCUT2D eigenvalue weighted by atomic mass is 32.2. The lowest BCUT2D eigenvalue weighted by atomic mass is 10.3. The van der Waals surface area contributed by atoms with Crippen molar-refractivity contribution in [2.24, 2.45) is 5.73 Å². The van der Waals surface area contributed by atoms with Crippen molar-refractivity contribution in [3.8, 4) is 0 Å². The summed E-state index contributed by atoms with van der Waals surface area (Å²) in [7, 11) is 0. The van der Waals surface area contributed by atoms with Gasteiger partial charge in [0.2, 0.25) is 5.91 Å². The van der Waals surface area contributed by atoms with Crippen LogP contribution >= 0.6 is 11.8 Å². The van der Waals surface area contributed by atoms with E-state index in [1.165, 1.54) is 12.8 Å². The Labute approximate surface area is 91.2 Å². The van der Waals surface area contributed by atoms with Gasteiger partial charge in [-0.25, -0.2) is 0 Å². The van der Waals surface area contributed by atoms with Gasteiger partial charge in [-0.15, -0.1) is 0 Å². The Hall–Kier alpha value is -0.220. The standard InChI is InChI=1S/C10H22N2OS/c1-3-5-7-14-8-9(10(11)13)12-6-4-2/h9,12H,3-8H2,1-2H3,(H2,11,13). The zero-order valence-corrected chi connectivity index (χ0v) is 10.0. The van der Waals surface area contributed by atoms with Gasteiger partial charge in [-0.3, -0.25) is 4.79 Å². The second kappa shape index (κ2) is 9.34. The normalized spacial score (nSPS) is 12.7. The van der Waals surface area contributed by atoms with E-state index in [2.05, 4.69) is 19.2 Å². The molecule has 1 atom stereocenters. The van der Waals surface area contributed by atoms with Crippen LogP contribution in [0.5, 0.6) is 0 Å². The van der Waals surface area contributed by atoms with E-state index in [0.29, 0.717) is 0 Å². The Morgan fingerprint density at radius 1 is 1.43 bits per heavy atom. The van der Waals surface area contributed by atoms with Crippen molar-refractivity contribution in [1.82, 2.24) is 5.32 Å². The van der Waals surface area contributed by atoms with Crippen LogP contribution in [0.2, 0.25) is 0 Å². The summed E-state index contributed by atoms with van der Waals surface area (Å²) in [6.45, 7) is 5.11. The molecule has 84 valence electrons. The van der Waals surface area contributed by atoms with Crippen molar-refractivity contribution in [1.29, 1.82) is 0 Å². The Kier molecular flexibility index (Phi) is 9.19. The molecule has 0 heterocycles. The molecule has 0 saturated carbocycles. The first kappa shape index (κ1) is 13.8. The van der Waals surface area contributed by atoms with Crippen LogP contribution in [-0.2, 0) is 4.79 Å². The molecular formula is C10H22N2OS. The van der Waals surface area contributed by atoms with Crippen molar-refractivity contribution >= 4 is 17.7 Å². The van der Waals surface area contributed by atoms with E-state index in [9.17, 15) is 4.79 Å². The predicted octanol–water partition coefficient (Wildman–Crippen LogP) is 1.37. The van der Waals surface area contributed by atoms with E-state index in [1.54, 1.807) is 11.8 Å². The summed E-state index contributed by atoms with van der Waals surface area (Å²) in [5, 5.41) is 3.15. The van der Waals surface area contributed by atoms with Gasteiger partial charge in [0, 0.05) is 5.75 Å². The van der Waals surface area contributed by atoms with Crippen LogP contribution in [0.1, 0.15) is 33.1 Å². The number of carbonyl (C=O) groups excluding carboxylic acids is 1. The quantitative estimate of drug-likeness (QED) is 0.575. The monoisotopic (exact) mass is 218 g/mol. The van der Waals surface area contributed by atoms with E-state index >= 15 is 0 Å². The Balaban J connectivity index is 3.57. The number of hydrogen-bond acceptors (Lipinski definition) is 3. The van der Waals surface area contributed by atoms with Crippen molar-refractivity contribution < 1.29 is 4.79 Å². The minimum absolute atomic E-state index is 0.156. The minimum Gasteiger partial charge on any atom is -0.368 e. The summed E-state index contributed by atoms with van der Waals surface area (Å²) in [5.41, 5.74) is 5.28. The topological polar surface area (TPSA) is 55.1 Å². The maximum absolute atomic E-state index is 11.0. The number of primary amides is 1. The fraction of sp³-hybridized carbons (Fsp3) is 0.900. The zero-order valence-electron chi connectivity index (χ0n) is 9.21. The molecule has 1 unspecified atom stereocenters. The third kappa shape index (κ3) is 7.21. The van der Waals surface area contributed by atoms with E-state index in [0.717, 1.165) is 24.5 Å². The fourth-order valence-corrected chi connectivity index (χ4v) is 2.19. The lowest BCUT2D eigenvalue weighted by Gasteiger charge is -2.14. The molecule has 3 nitrogen and oxygen atoms in total. The summed E-state index contributed by atoms with van der Waals surface area (Å²) < 4.78 is 0. The molecule has 0 aliphatic rings. The molecule has 0 aromatic rings. The Bertz CT molecular complexity index is 153. The Morgan fingerprint density at radius 2 is 2.14 bits per heavy atom. The smallest absolute Gasteiger partial charge is 0.235 e. The molecule has 0 radical (unpaired) electrons. The number of amides is 1. The molecule has 0 fully saturated rings. The van der Waals surface area contributed by atoms with Crippen LogP contribution in [0, 0.1) is 0 Å². The first-order valence-electron chi connectivity index (χ1n) is 5.32. The van der Waals surface area contributed by atoms with Gasteiger partial charge < -0.3 is 11.1 Å². The molecule has 0 bridgehead atoms. The number of carbonyl (C=O) groups is 1. The van der Waals surface area contributed by atoms with Gasteiger partial charge in [0.1, 0.15) is 0 Å². The number of thioether (sulfide) groups is 1. The SMILES string of the molecule is CCCCSCC(NCCC)C(N)=O. The van der Waals surface area contributed by atoms with Crippen LogP contribution in [0.3, 0.4) is 0 Å². The van der Waals surface area contributed by atoms with E-state index in [1.807, 2.05) is 0 Å². The molecule has 3 N–H and O–H groups in total. The number of hydrogen-bond donors (Lipinski definition) is 2. The van der Waals surface area contributed by atoms with Crippen LogP contribution in [0.25, 0.3) is 0 Å². The largest absolute Gasteiger partial charge is 0.368 e. The maximum atomic E-state index is 11.0. The molecule has 0 aromatic heterocycles. The molecule has 0 saturated heterocycles. The van der Waals surface area contributed by atoms with E-state index < -0.39 is 0 Å². The lowest BCUT2D eigenvalue weighted by molar-refractivity contribution is -0.119. The van der Waals surface area contributed by atoms with Gasteiger partial charge in [0.25, 0.3) is 0 Å². The molecule has 0 aromatic carbocycles. The Morgan fingerprint density at radius 3 is 2.64 bits per heavy atom.